The Balaban J connectivity index is 1.63. The standard InChI is InChI=1S/C22H18Cl2N2O2/c23-17-5-6-19(20(24)11-17)22(28-18-12-26-13-18)16-3-1-14(2-4-16)21(27)15-7-9-25-10-8-15/h1-11,18,22,26H,12-13H2. The molecule has 0 amide bonds. The molecule has 6 heteroatoms. The van der Waals surface area contributed by atoms with Crippen molar-refractivity contribution in [2.45, 2.75) is 12.2 Å². The highest BCUT2D eigenvalue weighted by molar-refractivity contribution is 6.35. The van der Waals surface area contributed by atoms with Gasteiger partial charge in [0.2, 0.25) is 0 Å². The van der Waals surface area contributed by atoms with Crippen LogP contribution in [0.2, 0.25) is 10.0 Å². The van der Waals surface area contributed by atoms with E-state index in [-0.39, 0.29) is 18.0 Å². The second-order valence-corrected chi connectivity index (χ2v) is 7.49. The zero-order chi connectivity index (χ0) is 19.5. The summed E-state index contributed by atoms with van der Waals surface area (Å²) in [5.41, 5.74) is 3.01. The Morgan fingerprint density at radius 1 is 1.00 bits per heavy atom. The van der Waals surface area contributed by atoms with E-state index in [0.717, 1.165) is 24.2 Å². The monoisotopic (exact) mass is 412 g/mol. The molecule has 4 rings (SSSR count). The highest BCUT2D eigenvalue weighted by atomic mass is 35.5. The summed E-state index contributed by atoms with van der Waals surface area (Å²) < 4.78 is 6.28. The Morgan fingerprint density at radius 2 is 1.68 bits per heavy atom. The summed E-state index contributed by atoms with van der Waals surface area (Å²) >= 11 is 12.5. The molecule has 3 aromatic rings. The van der Waals surface area contributed by atoms with Gasteiger partial charge in [-0.15, -0.1) is 0 Å². The van der Waals surface area contributed by atoms with Gasteiger partial charge in [0.25, 0.3) is 0 Å². The Morgan fingerprint density at radius 3 is 2.29 bits per heavy atom. The topological polar surface area (TPSA) is 51.2 Å². The van der Waals surface area contributed by atoms with Crippen molar-refractivity contribution in [3.63, 3.8) is 0 Å². The second-order valence-electron chi connectivity index (χ2n) is 6.65. The number of hydrogen-bond acceptors (Lipinski definition) is 4. The molecule has 1 aliphatic heterocycles. The zero-order valence-corrected chi connectivity index (χ0v) is 16.5. The van der Waals surface area contributed by atoms with Crippen molar-refractivity contribution in [3.05, 3.63) is 99.3 Å². The lowest BCUT2D eigenvalue weighted by Gasteiger charge is -2.32. The molecule has 142 valence electrons. The summed E-state index contributed by atoms with van der Waals surface area (Å²) in [6.07, 6.45) is 3.01. The van der Waals surface area contributed by atoms with E-state index in [9.17, 15) is 4.79 Å². The molecule has 2 aromatic carbocycles. The number of pyridine rings is 1. The number of carbonyl (C=O) groups is 1. The quantitative estimate of drug-likeness (QED) is 0.596. The first-order chi connectivity index (χ1) is 13.6. The molecular formula is C22H18Cl2N2O2. The lowest BCUT2D eigenvalue weighted by molar-refractivity contribution is -0.0201. The summed E-state index contributed by atoms with van der Waals surface area (Å²) in [5, 5.41) is 4.34. The van der Waals surface area contributed by atoms with Gasteiger partial charge < -0.3 is 10.1 Å². The lowest BCUT2D eigenvalue weighted by atomic mass is 9.97. The summed E-state index contributed by atoms with van der Waals surface area (Å²) in [6, 6.07) is 16.3. The number of nitrogens with one attached hydrogen (secondary N) is 1. The Bertz CT molecular complexity index is 974. The van der Waals surface area contributed by atoms with Crippen LogP contribution in [-0.2, 0) is 4.74 Å². The van der Waals surface area contributed by atoms with Gasteiger partial charge in [-0.2, -0.15) is 0 Å². The number of halogens is 2. The number of nitrogens with zero attached hydrogens (tertiary/aromatic N) is 1. The molecule has 0 spiro atoms. The first kappa shape index (κ1) is 19.1. The average Bonchev–Trinajstić information content (AvgIpc) is 2.68. The van der Waals surface area contributed by atoms with Crippen LogP contribution in [0.5, 0.6) is 0 Å². The smallest absolute Gasteiger partial charge is 0.193 e. The van der Waals surface area contributed by atoms with Gasteiger partial charge in [0, 0.05) is 52.2 Å². The van der Waals surface area contributed by atoms with Gasteiger partial charge in [0.05, 0.1) is 6.10 Å². The Hall–Kier alpha value is -2.24. The van der Waals surface area contributed by atoms with Gasteiger partial charge in [-0.1, -0.05) is 53.5 Å². The summed E-state index contributed by atoms with van der Waals surface area (Å²) in [7, 11) is 0. The lowest BCUT2D eigenvalue weighted by Crippen LogP contribution is -2.49. The number of rotatable bonds is 6. The van der Waals surface area contributed by atoms with E-state index >= 15 is 0 Å². The highest BCUT2D eigenvalue weighted by Crippen LogP contribution is 2.34. The molecule has 1 unspecified atom stereocenters. The zero-order valence-electron chi connectivity index (χ0n) is 14.9. The molecule has 0 bridgehead atoms. The molecule has 0 aliphatic carbocycles. The van der Waals surface area contributed by atoms with Crippen molar-refractivity contribution in [3.8, 4) is 0 Å². The third-order valence-electron chi connectivity index (χ3n) is 4.74. The largest absolute Gasteiger partial charge is 0.363 e. The number of ether oxygens (including phenoxy) is 1. The van der Waals surface area contributed by atoms with Crippen molar-refractivity contribution in [1.29, 1.82) is 0 Å². The van der Waals surface area contributed by atoms with E-state index in [1.807, 2.05) is 30.3 Å². The minimum absolute atomic E-state index is 0.0425. The maximum atomic E-state index is 12.6. The summed E-state index contributed by atoms with van der Waals surface area (Å²) in [6.45, 7) is 1.61. The second kappa shape index (κ2) is 8.41. The molecule has 4 nitrogen and oxygen atoms in total. The third-order valence-corrected chi connectivity index (χ3v) is 5.30. The number of carbonyl (C=O) groups excluding carboxylic acids is 1. The van der Waals surface area contributed by atoms with Crippen molar-refractivity contribution in [2.75, 3.05) is 13.1 Å². The average molecular weight is 413 g/mol. The molecule has 0 saturated carbocycles. The van der Waals surface area contributed by atoms with Crippen molar-refractivity contribution in [2.24, 2.45) is 0 Å². The highest BCUT2D eigenvalue weighted by Gasteiger charge is 2.26. The summed E-state index contributed by atoms with van der Waals surface area (Å²) in [5.74, 6) is -0.0425. The third kappa shape index (κ3) is 4.10. The fourth-order valence-corrected chi connectivity index (χ4v) is 3.58. The van der Waals surface area contributed by atoms with Crippen LogP contribution in [0.4, 0.5) is 0 Å². The first-order valence-corrected chi connectivity index (χ1v) is 9.73. The van der Waals surface area contributed by atoms with Gasteiger partial charge in [0.1, 0.15) is 6.10 Å². The summed E-state index contributed by atoms with van der Waals surface area (Å²) in [4.78, 5) is 16.6. The van der Waals surface area contributed by atoms with E-state index in [4.69, 9.17) is 27.9 Å². The van der Waals surface area contributed by atoms with Crippen molar-refractivity contribution < 1.29 is 9.53 Å². The molecule has 1 saturated heterocycles. The predicted molar refractivity (Wildman–Crippen MR) is 110 cm³/mol. The molecule has 28 heavy (non-hydrogen) atoms. The van der Waals surface area contributed by atoms with E-state index < -0.39 is 0 Å². The number of benzene rings is 2. The van der Waals surface area contributed by atoms with Crippen molar-refractivity contribution >= 4 is 29.0 Å². The Kier molecular flexibility index (Phi) is 5.74. The van der Waals surface area contributed by atoms with Crippen LogP contribution in [0.1, 0.15) is 33.2 Å². The fourth-order valence-electron chi connectivity index (χ4n) is 3.08. The minimum Gasteiger partial charge on any atom is -0.363 e. The van der Waals surface area contributed by atoms with Crippen LogP contribution in [0.3, 0.4) is 0 Å². The predicted octanol–water partition coefficient (Wildman–Crippen LogP) is 4.70. The normalized spacial score (nSPS) is 15.1. The maximum absolute atomic E-state index is 12.6. The number of ketones is 1. The van der Waals surface area contributed by atoms with Crippen LogP contribution in [-0.4, -0.2) is 30.0 Å². The van der Waals surface area contributed by atoms with Crippen LogP contribution in [0, 0.1) is 0 Å². The Labute approximate surface area is 173 Å². The van der Waals surface area contributed by atoms with Crippen molar-refractivity contribution in [1.82, 2.24) is 10.3 Å². The van der Waals surface area contributed by atoms with E-state index in [2.05, 4.69) is 10.3 Å². The molecule has 1 fully saturated rings. The first-order valence-electron chi connectivity index (χ1n) is 8.97. The molecule has 2 heterocycles. The van der Waals surface area contributed by atoms with Gasteiger partial charge in [0.15, 0.2) is 5.78 Å². The van der Waals surface area contributed by atoms with Gasteiger partial charge >= 0.3 is 0 Å². The van der Waals surface area contributed by atoms with Crippen LogP contribution >= 0.6 is 23.2 Å². The van der Waals surface area contributed by atoms with Gasteiger partial charge in [-0.3, -0.25) is 9.78 Å². The van der Waals surface area contributed by atoms with E-state index in [1.165, 1.54) is 0 Å². The van der Waals surface area contributed by atoms with Gasteiger partial charge in [-0.05, 0) is 29.8 Å². The van der Waals surface area contributed by atoms with Gasteiger partial charge in [-0.25, -0.2) is 0 Å². The molecule has 1 atom stereocenters. The van der Waals surface area contributed by atoms with Crippen LogP contribution in [0.25, 0.3) is 0 Å². The molecule has 0 radical (unpaired) electrons. The maximum Gasteiger partial charge on any atom is 0.193 e. The van der Waals surface area contributed by atoms with Crippen LogP contribution in [0.15, 0.2) is 67.0 Å². The minimum atomic E-state index is -0.332. The SMILES string of the molecule is O=C(c1ccncc1)c1ccc(C(OC2CNC2)c2ccc(Cl)cc2Cl)cc1. The van der Waals surface area contributed by atoms with E-state index in [1.54, 1.807) is 36.7 Å². The fraction of sp³-hybridized carbons (Fsp3) is 0.182. The molecular weight excluding hydrogens is 395 g/mol. The number of hydrogen-bond donors (Lipinski definition) is 1. The van der Waals surface area contributed by atoms with E-state index in [0.29, 0.717) is 21.2 Å². The van der Waals surface area contributed by atoms with Crippen LogP contribution < -0.4 is 5.32 Å². The molecule has 1 aliphatic rings. The number of aromatic nitrogens is 1. The molecule has 1 aromatic heterocycles. The molecule has 1 N–H and O–H groups in total.